The number of methoxy groups -OCH3 is 1. The highest BCUT2D eigenvalue weighted by Gasteiger charge is 2.13. The SMILES string of the molecule is COC(C)CC(Cc1cnccc1N)NN. The maximum absolute atomic E-state index is 5.85. The second kappa shape index (κ2) is 6.42. The summed E-state index contributed by atoms with van der Waals surface area (Å²) in [5.41, 5.74) is 10.4. The highest BCUT2D eigenvalue weighted by atomic mass is 16.5. The molecule has 90 valence electrons. The number of nitrogens with one attached hydrogen (secondary N) is 1. The van der Waals surface area contributed by atoms with Crippen LogP contribution in [0.25, 0.3) is 0 Å². The number of nitrogen functional groups attached to an aromatic ring is 1. The Hall–Kier alpha value is -1.17. The lowest BCUT2D eigenvalue weighted by molar-refractivity contribution is 0.100. The molecule has 0 aliphatic carbocycles. The second-order valence-electron chi connectivity index (χ2n) is 3.92. The Labute approximate surface area is 96.2 Å². The van der Waals surface area contributed by atoms with Gasteiger partial charge >= 0.3 is 0 Å². The van der Waals surface area contributed by atoms with Gasteiger partial charge in [0, 0.05) is 31.2 Å². The number of nitrogens with zero attached hydrogens (tertiary/aromatic N) is 1. The smallest absolute Gasteiger partial charge is 0.0558 e. The minimum absolute atomic E-state index is 0.140. The van der Waals surface area contributed by atoms with Gasteiger partial charge in [-0.1, -0.05) is 0 Å². The summed E-state index contributed by atoms with van der Waals surface area (Å²) in [4.78, 5) is 4.05. The Bertz CT molecular complexity index is 319. The molecule has 5 N–H and O–H groups in total. The quantitative estimate of drug-likeness (QED) is 0.483. The van der Waals surface area contributed by atoms with Crippen molar-refractivity contribution in [3.8, 4) is 0 Å². The van der Waals surface area contributed by atoms with Crippen LogP contribution in [0.4, 0.5) is 5.69 Å². The largest absolute Gasteiger partial charge is 0.398 e. The Morgan fingerprint density at radius 3 is 2.88 bits per heavy atom. The van der Waals surface area contributed by atoms with Crippen LogP contribution in [0, 0.1) is 0 Å². The zero-order valence-electron chi connectivity index (χ0n) is 9.81. The number of hydrazine groups is 1. The van der Waals surface area contributed by atoms with E-state index >= 15 is 0 Å². The summed E-state index contributed by atoms with van der Waals surface area (Å²) >= 11 is 0. The third-order valence-corrected chi connectivity index (χ3v) is 2.66. The number of anilines is 1. The minimum atomic E-state index is 0.140. The molecule has 0 fully saturated rings. The molecule has 1 aromatic heterocycles. The van der Waals surface area contributed by atoms with Crippen molar-refractivity contribution in [1.29, 1.82) is 0 Å². The first-order valence-electron chi connectivity index (χ1n) is 5.34. The van der Waals surface area contributed by atoms with Crippen molar-refractivity contribution in [3.63, 3.8) is 0 Å². The maximum atomic E-state index is 5.85. The summed E-state index contributed by atoms with van der Waals surface area (Å²) in [6, 6.07) is 1.93. The van der Waals surface area contributed by atoms with Crippen LogP contribution in [0.3, 0.4) is 0 Å². The summed E-state index contributed by atoms with van der Waals surface area (Å²) in [5.74, 6) is 5.51. The Balaban J connectivity index is 2.60. The van der Waals surface area contributed by atoms with Crippen molar-refractivity contribution in [1.82, 2.24) is 10.4 Å². The van der Waals surface area contributed by atoms with Crippen LogP contribution in [0.5, 0.6) is 0 Å². The van der Waals surface area contributed by atoms with Crippen LogP contribution in [0.15, 0.2) is 18.5 Å². The summed E-state index contributed by atoms with van der Waals surface area (Å²) in [7, 11) is 1.69. The van der Waals surface area contributed by atoms with Gasteiger partial charge in [-0.05, 0) is 31.4 Å². The van der Waals surface area contributed by atoms with E-state index in [0.29, 0.717) is 0 Å². The lowest BCUT2D eigenvalue weighted by atomic mass is 10.0. The number of rotatable bonds is 6. The van der Waals surface area contributed by atoms with Crippen molar-refractivity contribution in [2.45, 2.75) is 31.9 Å². The Morgan fingerprint density at radius 1 is 1.56 bits per heavy atom. The van der Waals surface area contributed by atoms with Crippen LogP contribution < -0.4 is 17.0 Å². The zero-order chi connectivity index (χ0) is 12.0. The molecule has 0 amide bonds. The van der Waals surface area contributed by atoms with Gasteiger partial charge in [0.05, 0.1) is 6.10 Å². The van der Waals surface area contributed by atoms with Gasteiger partial charge in [-0.3, -0.25) is 16.3 Å². The number of hydrogen-bond donors (Lipinski definition) is 3. The van der Waals surface area contributed by atoms with E-state index in [0.717, 1.165) is 24.1 Å². The lowest BCUT2D eigenvalue weighted by Gasteiger charge is -2.19. The molecule has 0 saturated carbocycles. The topological polar surface area (TPSA) is 86.2 Å². The molecule has 1 rings (SSSR count). The van der Waals surface area contributed by atoms with Gasteiger partial charge in [-0.2, -0.15) is 0 Å². The van der Waals surface area contributed by atoms with E-state index in [2.05, 4.69) is 10.4 Å². The summed E-state index contributed by atoms with van der Waals surface area (Å²) in [6.45, 7) is 2.01. The number of ether oxygens (including phenoxy) is 1. The normalized spacial score (nSPS) is 14.7. The van der Waals surface area contributed by atoms with Gasteiger partial charge in [-0.15, -0.1) is 0 Å². The molecule has 1 aromatic rings. The van der Waals surface area contributed by atoms with Crippen LogP contribution in [0.1, 0.15) is 18.9 Å². The third kappa shape index (κ3) is 3.77. The first-order valence-corrected chi connectivity index (χ1v) is 5.34. The van der Waals surface area contributed by atoms with E-state index in [4.69, 9.17) is 16.3 Å². The molecule has 16 heavy (non-hydrogen) atoms. The van der Waals surface area contributed by atoms with Gasteiger partial charge < -0.3 is 10.5 Å². The van der Waals surface area contributed by atoms with Crippen LogP contribution in [0.2, 0.25) is 0 Å². The van der Waals surface area contributed by atoms with Gasteiger partial charge in [0.15, 0.2) is 0 Å². The zero-order valence-corrected chi connectivity index (χ0v) is 9.81. The molecule has 0 aromatic carbocycles. The number of pyridine rings is 1. The number of hydrogen-bond acceptors (Lipinski definition) is 5. The molecule has 0 aliphatic rings. The molecule has 5 nitrogen and oxygen atoms in total. The lowest BCUT2D eigenvalue weighted by Crippen LogP contribution is -2.39. The van der Waals surface area contributed by atoms with Crippen molar-refractivity contribution in [2.75, 3.05) is 12.8 Å². The summed E-state index contributed by atoms with van der Waals surface area (Å²) in [5, 5.41) is 0. The third-order valence-electron chi connectivity index (χ3n) is 2.66. The van der Waals surface area contributed by atoms with Gasteiger partial charge in [0.1, 0.15) is 0 Å². The van der Waals surface area contributed by atoms with Gasteiger partial charge in [0.25, 0.3) is 0 Å². The summed E-state index contributed by atoms with van der Waals surface area (Å²) in [6.07, 6.45) is 5.21. The van der Waals surface area contributed by atoms with Crippen molar-refractivity contribution >= 4 is 5.69 Å². The van der Waals surface area contributed by atoms with E-state index in [-0.39, 0.29) is 12.1 Å². The van der Waals surface area contributed by atoms with E-state index < -0.39 is 0 Å². The van der Waals surface area contributed by atoms with Gasteiger partial charge in [-0.25, -0.2) is 0 Å². The Kier molecular flexibility index (Phi) is 5.18. The first-order chi connectivity index (χ1) is 7.67. The molecule has 5 heteroatoms. The van der Waals surface area contributed by atoms with E-state index in [1.54, 1.807) is 25.6 Å². The fourth-order valence-electron chi connectivity index (χ4n) is 1.58. The van der Waals surface area contributed by atoms with Crippen LogP contribution in [-0.4, -0.2) is 24.2 Å². The molecule has 1 heterocycles. The van der Waals surface area contributed by atoms with E-state index in [1.165, 1.54) is 0 Å². The van der Waals surface area contributed by atoms with Crippen LogP contribution in [-0.2, 0) is 11.2 Å². The van der Waals surface area contributed by atoms with Gasteiger partial charge in [0.2, 0.25) is 0 Å². The molecule has 0 aliphatic heterocycles. The first kappa shape index (κ1) is 12.9. The van der Waals surface area contributed by atoms with E-state index in [1.807, 2.05) is 6.92 Å². The van der Waals surface area contributed by atoms with Crippen molar-refractivity contribution in [2.24, 2.45) is 5.84 Å². The van der Waals surface area contributed by atoms with Crippen molar-refractivity contribution < 1.29 is 4.74 Å². The highest BCUT2D eigenvalue weighted by molar-refractivity contribution is 5.44. The highest BCUT2D eigenvalue weighted by Crippen LogP contribution is 2.13. The summed E-state index contributed by atoms with van der Waals surface area (Å²) < 4.78 is 5.21. The predicted molar refractivity (Wildman–Crippen MR) is 64.6 cm³/mol. The average Bonchev–Trinajstić information content (AvgIpc) is 2.30. The number of aromatic nitrogens is 1. The molecular formula is C11H20N4O. The Morgan fingerprint density at radius 2 is 2.31 bits per heavy atom. The minimum Gasteiger partial charge on any atom is -0.398 e. The van der Waals surface area contributed by atoms with Crippen molar-refractivity contribution in [3.05, 3.63) is 24.0 Å². The average molecular weight is 224 g/mol. The fourth-order valence-corrected chi connectivity index (χ4v) is 1.58. The second-order valence-corrected chi connectivity index (χ2v) is 3.92. The predicted octanol–water partition coefficient (Wildman–Crippen LogP) is 0.463. The molecule has 0 saturated heterocycles. The monoisotopic (exact) mass is 224 g/mol. The van der Waals surface area contributed by atoms with E-state index in [9.17, 15) is 0 Å². The molecule has 0 radical (unpaired) electrons. The molecule has 0 bridgehead atoms. The number of nitrogens with two attached hydrogens (primary N) is 2. The maximum Gasteiger partial charge on any atom is 0.0558 e. The fraction of sp³-hybridized carbons (Fsp3) is 0.545. The molecule has 2 unspecified atom stereocenters. The molecule has 0 spiro atoms. The standard InChI is InChI=1S/C11H20N4O/c1-8(16-2)5-10(15-13)6-9-7-14-4-3-11(9)12/h3-4,7-8,10,15H,5-6,13H2,1-2H3,(H2,12,14). The molecular weight excluding hydrogens is 204 g/mol. The van der Waals surface area contributed by atoms with Crippen LogP contribution >= 0.6 is 0 Å². The molecule has 2 atom stereocenters.